The van der Waals surface area contributed by atoms with Gasteiger partial charge in [0.25, 0.3) is 5.89 Å². The predicted octanol–water partition coefficient (Wildman–Crippen LogP) is 3.66. The Morgan fingerprint density at radius 3 is 2.50 bits per heavy atom. The molecular weight excluding hydrogens is 250 g/mol. The van der Waals surface area contributed by atoms with Gasteiger partial charge in [-0.2, -0.15) is 4.98 Å². The summed E-state index contributed by atoms with van der Waals surface area (Å²) in [6.07, 6.45) is 0. The van der Waals surface area contributed by atoms with Gasteiger partial charge in [-0.05, 0) is 24.6 Å². The van der Waals surface area contributed by atoms with Crippen molar-refractivity contribution >= 4 is 5.69 Å². The van der Waals surface area contributed by atoms with E-state index in [1.54, 1.807) is 0 Å². The smallest absolute Gasteiger partial charge is 0.260 e. The summed E-state index contributed by atoms with van der Waals surface area (Å²) in [5, 5.41) is 7.25. The van der Waals surface area contributed by atoms with Crippen LogP contribution in [0.4, 0.5) is 5.69 Å². The van der Waals surface area contributed by atoms with Crippen molar-refractivity contribution in [1.29, 1.82) is 0 Å². The summed E-state index contributed by atoms with van der Waals surface area (Å²) in [6.45, 7) is 2.57. The van der Waals surface area contributed by atoms with E-state index in [9.17, 15) is 0 Å². The highest BCUT2D eigenvalue weighted by Crippen LogP contribution is 2.26. The fraction of sp³-hybridized carbons (Fsp3) is 0.125. The first-order valence-corrected chi connectivity index (χ1v) is 6.50. The van der Waals surface area contributed by atoms with Gasteiger partial charge in [0.1, 0.15) is 0 Å². The van der Waals surface area contributed by atoms with E-state index in [0.29, 0.717) is 11.7 Å². The van der Waals surface area contributed by atoms with Crippen molar-refractivity contribution in [2.45, 2.75) is 13.5 Å². The van der Waals surface area contributed by atoms with Crippen LogP contribution in [-0.2, 0) is 6.54 Å². The molecule has 0 saturated heterocycles. The van der Waals surface area contributed by atoms with Crippen LogP contribution in [0.15, 0.2) is 59.1 Å². The van der Waals surface area contributed by atoms with E-state index < -0.39 is 0 Å². The van der Waals surface area contributed by atoms with Crippen LogP contribution in [0.2, 0.25) is 0 Å². The van der Waals surface area contributed by atoms with Gasteiger partial charge in [0.15, 0.2) is 5.82 Å². The average molecular weight is 265 g/mol. The molecule has 100 valence electrons. The Bertz CT molecular complexity index is 692. The van der Waals surface area contributed by atoms with E-state index in [1.165, 1.54) is 5.56 Å². The Hall–Kier alpha value is -2.62. The molecule has 0 unspecified atom stereocenters. The molecule has 3 rings (SSSR count). The van der Waals surface area contributed by atoms with Gasteiger partial charge in [0.2, 0.25) is 0 Å². The first-order valence-electron chi connectivity index (χ1n) is 6.50. The molecule has 1 aromatic heterocycles. The fourth-order valence-corrected chi connectivity index (χ4v) is 2.02. The summed E-state index contributed by atoms with van der Waals surface area (Å²) in [7, 11) is 0. The highest BCUT2D eigenvalue weighted by atomic mass is 16.5. The highest BCUT2D eigenvalue weighted by Gasteiger charge is 2.10. The molecule has 4 nitrogen and oxygen atoms in total. The van der Waals surface area contributed by atoms with Gasteiger partial charge in [-0.15, -0.1) is 0 Å². The number of benzene rings is 2. The minimum absolute atomic E-state index is 0.540. The van der Waals surface area contributed by atoms with Crippen molar-refractivity contribution in [3.05, 3.63) is 66.0 Å². The number of hydrogen-bond donors (Lipinski definition) is 1. The summed E-state index contributed by atoms with van der Waals surface area (Å²) in [5.74, 6) is 1.18. The Kier molecular flexibility index (Phi) is 3.46. The second kappa shape index (κ2) is 5.57. The van der Waals surface area contributed by atoms with Crippen molar-refractivity contribution in [2.24, 2.45) is 0 Å². The number of rotatable bonds is 4. The second-order valence-corrected chi connectivity index (χ2v) is 4.53. The van der Waals surface area contributed by atoms with Crippen LogP contribution in [0.5, 0.6) is 0 Å². The maximum Gasteiger partial charge on any atom is 0.260 e. The third-order valence-electron chi connectivity index (χ3n) is 3.01. The SMILES string of the molecule is Cc1noc(-c2ccccc2NCc2ccccc2)n1. The summed E-state index contributed by atoms with van der Waals surface area (Å²) in [4.78, 5) is 4.28. The maximum absolute atomic E-state index is 5.24. The number of anilines is 1. The standard InChI is InChI=1S/C16H15N3O/c1-12-18-16(20-19-12)14-9-5-6-10-15(14)17-11-13-7-3-2-4-8-13/h2-10,17H,11H2,1H3. The van der Waals surface area contributed by atoms with E-state index in [1.807, 2.05) is 49.4 Å². The molecule has 1 heterocycles. The first kappa shape index (κ1) is 12.4. The molecule has 0 amide bonds. The lowest BCUT2D eigenvalue weighted by molar-refractivity contribution is 0.426. The lowest BCUT2D eigenvalue weighted by Gasteiger charge is -2.09. The molecule has 3 aromatic rings. The Morgan fingerprint density at radius 1 is 1.00 bits per heavy atom. The maximum atomic E-state index is 5.24. The molecule has 0 radical (unpaired) electrons. The Labute approximate surface area is 117 Å². The number of nitrogens with zero attached hydrogens (tertiary/aromatic N) is 2. The van der Waals surface area contributed by atoms with Crippen LogP contribution in [-0.4, -0.2) is 10.1 Å². The zero-order valence-electron chi connectivity index (χ0n) is 11.2. The summed E-state index contributed by atoms with van der Waals surface area (Å²) < 4.78 is 5.24. The molecule has 0 fully saturated rings. The predicted molar refractivity (Wildman–Crippen MR) is 78.2 cm³/mol. The molecule has 4 heteroatoms. The van der Waals surface area contributed by atoms with Crippen LogP contribution in [0, 0.1) is 6.92 Å². The van der Waals surface area contributed by atoms with Crippen molar-refractivity contribution in [3.63, 3.8) is 0 Å². The fourth-order valence-electron chi connectivity index (χ4n) is 2.02. The molecule has 0 aliphatic heterocycles. The van der Waals surface area contributed by atoms with E-state index >= 15 is 0 Å². The summed E-state index contributed by atoms with van der Waals surface area (Å²) in [6, 6.07) is 18.2. The quantitative estimate of drug-likeness (QED) is 0.782. The van der Waals surface area contributed by atoms with Crippen molar-refractivity contribution in [3.8, 4) is 11.5 Å². The number of nitrogens with one attached hydrogen (secondary N) is 1. The van der Waals surface area contributed by atoms with Crippen LogP contribution < -0.4 is 5.32 Å². The molecule has 20 heavy (non-hydrogen) atoms. The van der Waals surface area contributed by atoms with Gasteiger partial charge in [0, 0.05) is 12.2 Å². The molecule has 0 spiro atoms. The van der Waals surface area contributed by atoms with Crippen molar-refractivity contribution < 1.29 is 4.52 Å². The zero-order chi connectivity index (χ0) is 13.8. The molecule has 0 bridgehead atoms. The van der Waals surface area contributed by atoms with E-state index in [-0.39, 0.29) is 0 Å². The minimum atomic E-state index is 0.540. The molecule has 2 aromatic carbocycles. The number of aryl methyl sites for hydroxylation is 1. The third-order valence-corrected chi connectivity index (χ3v) is 3.01. The van der Waals surface area contributed by atoms with E-state index in [2.05, 4.69) is 27.6 Å². The molecule has 0 saturated carbocycles. The van der Waals surface area contributed by atoms with Crippen LogP contribution in [0.25, 0.3) is 11.5 Å². The average Bonchev–Trinajstić information content (AvgIpc) is 2.93. The highest BCUT2D eigenvalue weighted by molar-refractivity contribution is 5.72. The summed E-state index contributed by atoms with van der Waals surface area (Å²) >= 11 is 0. The van der Waals surface area contributed by atoms with E-state index in [4.69, 9.17) is 4.52 Å². The van der Waals surface area contributed by atoms with Gasteiger partial charge < -0.3 is 9.84 Å². The van der Waals surface area contributed by atoms with Crippen molar-refractivity contribution in [2.75, 3.05) is 5.32 Å². The normalized spacial score (nSPS) is 10.4. The van der Waals surface area contributed by atoms with Gasteiger partial charge in [-0.3, -0.25) is 0 Å². The van der Waals surface area contributed by atoms with Gasteiger partial charge >= 0.3 is 0 Å². The van der Waals surface area contributed by atoms with E-state index in [0.717, 1.165) is 17.8 Å². The zero-order valence-corrected chi connectivity index (χ0v) is 11.2. The minimum Gasteiger partial charge on any atom is -0.380 e. The van der Waals surface area contributed by atoms with Crippen molar-refractivity contribution in [1.82, 2.24) is 10.1 Å². The second-order valence-electron chi connectivity index (χ2n) is 4.53. The van der Waals surface area contributed by atoms with Gasteiger partial charge in [-0.1, -0.05) is 47.6 Å². The van der Waals surface area contributed by atoms with Crippen LogP contribution >= 0.6 is 0 Å². The number of hydrogen-bond acceptors (Lipinski definition) is 4. The molecular formula is C16H15N3O. The van der Waals surface area contributed by atoms with Gasteiger partial charge in [-0.25, -0.2) is 0 Å². The number of para-hydroxylation sites is 1. The largest absolute Gasteiger partial charge is 0.380 e. The molecule has 1 N–H and O–H groups in total. The molecule has 0 aliphatic rings. The van der Waals surface area contributed by atoms with Crippen LogP contribution in [0.1, 0.15) is 11.4 Å². The Morgan fingerprint density at radius 2 is 1.75 bits per heavy atom. The van der Waals surface area contributed by atoms with Gasteiger partial charge in [0.05, 0.1) is 5.56 Å². The molecule has 0 aliphatic carbocycles. The van der Waals surface area contributed by atoms with Crippen LogP contribution in [0.3, 0.4) is 0 Å². The summed E-state index contributed by atoms with van der Waals surface area (Å²) in [5.41, 5.74) is 3.13. The number of aromatic nitrogens is 2. The lowest BCUT2D eigenvalue weighted by Crippen LogP contribution is -2.00. The third kappa shape index (κ3) is 2.69. The Balaban J connectivity index is 1.83. The first-order chi connectivity index (χ1) is 9.83. The lowest BCUT2D eigenvalue weighted by atomic mass is 10.1. The molecule has 0 atom stereocenters. The monoisotopic (exact) mass is 265 g/mol. The topological polar surface area (TPSA) is 51.0 Å².